The fraction of sp³-hybridized carbons (Fsp3) is 0.333. The Hall–Kier alpha value is -0.950. The monoisotopic (exact) mass is 213 g/mol. The molecule has 13 heavy (non-hydrogen) atoms. The Labute approximate surface area is 83.4 Å². The molecule has 0 aromatic carbocycles. The van der Waals surface area contributed by atoms with Gasteiger partial charge in [0, 0.05) is 18.2 Å². The third-order valence-electron chi connectivity index (χ3n) is 1.42. The van der Waals surface area contributed by atoms with Crippen molar-refractivity contribution in [1.82, 2.24) is 24.4 Å². The maximum Gasteiger partial charge on any atom is 0.191 e. The van der Waals surface area contributed by atoms with E-state index in [1.807, 2.05) is 17.0 Å². The van der Waals surface area contributed by atoms with E-state index in [0.717, 1.165) is 16.6 Å². The van der Waals surface area contributed by atoms with Crippen LogP contribution in [0.5, 0.6) is 0 Å². The van der Waals surface area contributed by atoms with Crippen LogP contribution in [0.1, 0.15) is 5.69 Å². The Kier molecular flexibility index (Phi) is 2.55. The van der Waals surface area contributed by atoms with Crippen LogP contribution in [0.2, 0.25) is 0 Å². The third kappa shape index (κ3) is 2.04. The Morgan fingerprint density at radius 2 is 2.46 bits per heavy atom. The summed E-state index contributed by atoms with van der Waals surface area (Å²) < 4.78 is 5.66. The van der Waals surface area contributed by atoms with E-state index in [2.05, 4.69) is 19.8 Å². The van der Waals surface area contributed by atoms with E-state index in [1.165, 1.54) is 11.5 Å². The van der Waals surface area contributed by atoms with Crippen LogP contribution in [0.3, 0.4) is 0 Å². The molecule has 2 rings (SSSR count). The molecule has 0 saturated carbocycles. The average molecular weight is 213 g/mol. The zero-order valence-corrected chi connectivity index (χ0v) is 8.55. The molecule has 0 spiro atoms. The molecule has 0 atom stereocenters. The highest BCUT2D eigenvalue weighted by atomic mass is 32.2. The van der Waals surface area contributed by atoms with Gasteiger partial charge in [0.05, 0.1) is 5.69 Å². The topological polar surface area (TPSA) is 56.5 Å². The summed E-state index contributed by atoms with van der Waals surface area (Å²) in [5.41, 5.74) is 0.984. The molecule has 2 aromatic heterocycles. The van der Waals surface area contributed by atoms with Crippen molar-refractivity contribution in [2.45, 2.75) is 10.9 Å². The van der Waals surface area contributed by atoms with E-state index in [1.54, 1.807) is 18.1 Å². The summed E-state index contributed by atoms with van der Waals surface area (Å²) in [6.07, 6.45) is 1.68. The SMILES string of the molecule is Cn1cnnc1SCc1csnn1. The van der Waals surface area contributed by atoms with Gasteiger partial charge in [-0.1, -0.05) is 16.3 Å². The first kappa shape index (κ1) is 8.64. The number of hydrogen-bond acceptors (Lipinski definition) is 6. The summed E-state index contributed by atoms with van der Waals surface area (Å²) in [6, 6.07) is 0. The van der Waals surface area contributed by atoms with E-state index in [9.17, 15) is 0 Å². The summed E-state index contributed by atoms with van der Waals surface area (Å²) in [7, 11) is 1.92. The summed E-state index contributed by atoms with van der Waals surface area (Å²) in [5.74, 6) is 0.795. The first-order valence-electron chi connectivity index (χ1n) is 3.59. The molecule has 7 heteroatoms. The normalized spacial score (nSPS) is 10.5. The van der Waals surface area contributed by atoms with E-state index in [-0.39, 0.29) is 0 Å². The minimum atomic E-state index is 0.795. The summed E-state index contributed by atoms with van der Waals surface area (Å²) in [5, 5.41) is 14.5. The molecular weight excluding hydrogens is 206 g/mol. The Bertz CT molecular complexity index is 368. The number of hydrogen-bond donors (Lipinski definition) is 0. The molecule has 0 aliphatic carbocycles. The van der Waals surface area contributed by atoms with Crippen molar-refractivity contribution in [3.05, 3.63) is 17.4 Å². The van der Waals surface area contributed by atoms with Gasteiger partial charge in [-0.25, -0.2) is 0 Å². The molecule has 0 aliphatic heterocycles. The average Bonchev–Trinajstić information content (AvgIpc) is 2.72. The van der Waals surface area contributed by atoms with Gasteiger partial charge >= 0.3 is 0 Å². The fourth-order valence-corrected chi connectivity index (χ4v) is 2.12. The van der Waals surface area contributed by atoms with Crippen molar-refractivity contribution in [3.63, 3.8) is 0 Å². The highest BCUT2D eigenvalue weighted by Gasteiger charge is 2.03. The third-order valence-corrected chi connectivity index (χ3v) is 3.05. The first-order valence-corrected chi connectivity index (χ1v) is 5.41. The van der Waals surface area contributed by atoms with E-state index in [4.69, 9.17) is 0 Å². The van der Waals surface area contributed by atoms with Gasteiger partial charge in [-0.3, -0.25) is 0 Å². The second-order valence-electron chi connectivity index (χ2n) is 2.41. The van der Waals surface area contributed by atoms with Gasteiger partial charge in [0.15, 0.2) is 5.16 Å². The van der Waals surface area contributed by atoms with Gasteiger partial charge < -0.3 is 4.57 Å². The molecule has 0 saturated heterocycles. The first-order chi connectivity index (χ1) is 6.36. The second-order valence-corrected chi connectivity index (χ2v) is 3.96. The van der Waals surface area contributed by atoms with Crippen molar-refractivity contribution in [3.8, 4) is 0 Å². The standard InChI is InChI=1S/C6H7N5S2/c1-11-4-7-9-6(11)12-2-5-3-13-10-8-5/h3-4H,2H2,1H3. The van der Waals surface area contributed by atoms with Gasteiger partial charge in [-0.05, 0) is 11.5 Å². The predicted octanol–water partition coefficient (Wildman–Crippen LogP) is 0.959. The number of aromatic nitrogens is 5. The Morgan fingerprint density at radius 1 is 1.54 bits per heavy atom. The lowest BCUT2D eigenvalue weighted by molar-refractivity contribution is 0.788. The van der Waals surface area contributed by atoms with E-state index >= 15 is 0 Å². The lowest BCUT2D eigenvalue weighted by Gasteiger charge is -1.95. The van der Waals surface area contributed by atoms with Crippen LogP contribution in [0.4, 0.5) is 0 Å². The molecule has 2 heterocycles. The van der Waals surface area contributed by atoms with Crippen LogP contribution in [0, 0.1) is 0 Å². The van der Waals surface area contributed by atoms with Crippen molar-refractivity contribution in [2.75, 3.05) is 0 Å². The van der Waals surface area contributed by atoms with Gasteiger partial charge in [-0.15, -0.1) is 15.3 Å². The smallest absolute Gasteiger partial charge is 0.191 e. The van der Waals surface area contributed by atoms with Gasteiger partial charge in [0.2, 0.25) is 0 Å². The van der Waals surface area contributed by atoms with Crippen molar-refractivity contribution in [1.29, 1.82) is 0 Å². The minimum Gasteiger partial charge on any atom is -0.312 e. The summed E-state index contributed by atoms with van der Waals surface area (Å²) in [6.45, 7) is 0. The maximum atomic E-state index is 3.95. The fourth-order valence-electron chi connectivity index (χ4n) is 0.789. The zero-order valence-electron chi connectivity index (χ0n) is 6.91. The lowest BCUT2D eigenvalue weighted by Crippen LogP contribution is -1.89. The summed E-state index contributed by atoms with van der Waals surface area (Å²) >= 11 is 2.97. The molecule has 0 bridgehead atoms. The molecule has 0 aliphatic rings. The molecule has 0 radical (unpaired) electrons. The van der Waals surface area contributed by atoms with Crippen LogP contribution < -0.4 is 0 Å². The molecule has 5 nitrogen and oxygen atoms in total. The number of rotatable bonds is 3. The van der Waals surface area contributed by atoms with Crippen LogP contribution >= 0.6 is 23.3 Å². The quantitative estimate of drug-likeness (QED) is 0.711. The number of aryl methyl sites for hydroxylation is 1. The predicted molar refractivity (Wildman–Crippen MR) is 50.5 cm³/mol. The van der Waals surface area contributed by atoms with Gasteiger partial charge in [0.1, 0.15) is 6.33 Å². The van der Waals surface area contributed by atoms with Gasteiger partial charge in [0.25, 0.3) is 0 Å². The minimum absolute atomic E-state index is 0.795. The van der Waals surface area contributed by atoms with Crippen molar-refractivity contribution < 1.29 is 0 Å². The Morgan fingerprint density at radius 3 is 3.08 bits per heavy atom. The van der Waals surface area contributed by atoms with Crippen LogP contribution in [0.15, 0.2) is 16.9 Å². The van der Waals surface area contributed by atoms with Crippen LogP contribution in [-0.2, 0) is 12.8 Å². The second kappa shape index (κ2) is 3.84. The molecule has 2 aromatic rings. The van der Waals surface area contributed by atoms with Crippen LogP contribution in [0.25, 0.3) is 0 Å². The van der Waals surface area contributed by atoms with E-state index < -0.39 is 0 Å². The highest BCUT2D eigenvalue weighted by Crippen LogP contribution is 2.18. The van der Waals surface area contributed by atoms with Crippen molar-refractivity contribution in [2.24, 2.45) is 7.05 Å². The van der Waals surface area contributed by atoms with Crippen molar-refractivity contribution >= 4 is 23.3 Å². The van der Waals surface area contributed by atoms with Crippen LogP contribution in [-0.4, -0.2) is 24.4 Å². The summed E-state index contributed by atoms with van der Waals surface area (Å²) in [4.78, 5) is 0. The number of nitrogens with zero attached hydrogens (tertiary/aromatic N) is 5. The molecule has 0 amide bonds. The molecule has 0 N–H and O–H groups in total. The number of thioether (sulfide) groups is 1. The largest absolute Gasteiger partial charge is 0.312 e. The highest BCUT2D eigenvalue weighted by molar-refractivity contribution is 7.98. The Balaban J connectivity index is 1.97. The van der Waals surface area contributed by atoms with E-state index in [0.29, 0.717) is 0 Å². The van der Waals surface area contributed by atoms with Gasteiger partial charge in [-0.2, -0.15) is 0 Å². The molecule has 68 valence electrons. The lowest BCUT2D eigenvalue weighted by atomic mass is 10.6. The maximum absolute atomic E-state index is 3.95. The molecule has 0 fully saturated rings. The molecular formula is C6H7N5S2. The zero-order chi connectivity index (χ0) is 9.10. The molecule has 0 unspecified atom stereocenters.